The summed E-state index contributed by atoms with van der Waals surface area (Å²) in [5.74, 6) is 2.97. The first-order valence-corrected chi connectivity index (χ1v) is 9.21. The molecule has 4 nitrogen and oxygen atoms in total. The van der Waals surface area contributed by atoms with Crippen molar-refractivity contribution in [2.75, 3.05) is 12.5 Å². The van der Waals surface area contributed by atoms with E-state index in [9.17, 15) is 0 Å². The zero-order valence-electron chi connectivity index (χ0n) is 12.8. The van der Waals surface area contributed by atoms with E-state index in [2.05, 4.69) is 9.97 Å². The van der Waals surface area contributed by atoms with Gasteiger partial charge >= 0.3 is 0 Å². The van der Waals surface area contributed by atoms with Gasteiger partial charge in [0.2, 0.25) is 11.8 Å². The Kier molecular flexibility index (Phi) is 4.31. The minimum atomic E-state index is 0.641. The monoisotopic (exact) mass is 332 g/mol. The van der Waals surface area contributed by atoms with Crippen molar-refractivity contribution in [2.24, 2.45) is 0 Å². The highest BCUT2D eigenvalue weighted by Crippen LogP contribution is 2.30. The third-order valence-electron chi connectivity index (χ3n) is 3.27. The van der Waals surface area contributed by atoms with Crippen molar-refractivity contribution in [1.29, 1.82) is 0 Å². The fourth-order valence-corrected chi connectivity index (χ4v) is 3.15. The minimum absolute atomic E-state index is 0.641. The maximum absolute atomic E-state index is 5.70. The number of thioether (sulfide) groups is 2. The molecule has 0 aliphatic heterocycles. The lowest BCUT2D eigenvalue weighted by atomic mass is 10.1. The molecule has 0 saturated carbocycles. The van der Waals surface area contributed by atoms with Gasteiger partial charge in [-0.1, -0.05) is 0 Å². The van der Waals surface area contributed by atoms with Crippen LogP contribution < -0.4 is 0 Å². The SMILES string of the molecule is CSc1nc(-c2ccc(-c3nc(SC)c(C)o3)cc2)oc1C. The first-order valence-electron chi connectivity index (χ1n) is 6.76. The van der Waals surface area contributed by atoms with Gasteiger partial charge in [0.15, 0.2) is 0 Å². The summed E-state index contributed by atoms with van der Waals surface area (Å²) in [6, 6.07) is 7.90. The summed E-state index contributed by atoms with van der Waals surface area (Å²) >= 11 is 3.17. The summed E-state index contributed by atoms with van der Waals surface area (Å²) in [5, 5.41) is 1.85. The molecule has 3 aromatic rings. The Morgan fingerprint density at radius 2 is 1.09 bits per heavy atom. The number of benzene rings is 1. The zero-order valence-corrected chi connectivity index (χ0v) is 14.5. The number of rotatable bonds is 4. The molecule has 0 spiro atoms. The number of nitrogens with zero attached hydrogens (tertiary/aromatic N) is 2. The topological polar surface area (TPSA) is 52.1 Å². The molecule has 114 valence electrons. The molecule has 3 rings (SSSR count). The predicted octanol–water partition coefficient (Wildman–Crippen LogP) is 5.06. The second-order valence-electron chi connectivity index (χ2n) is 4.75. The van der Waals surface area contributed by atoms with E-state index in [0.717, 1.165) is 32.7 Å². The number of hydrogen-bond acceptors (Lipinski definition) is 6. The highest BCUT2D eigenvalue weighted by molar-refractivity contribution is 7.98. The van der Waals surface area contributed by atoms with E-state index in [0.29, 0.717) is 11.8 Å². The molecule has 0 aliphatic rings. The maximum atomic E-state index is 5.70. The van der Waals surface area contributed by atoms with Crippen LogP contribution in [0.25, 0.3) is 22.9 Å². The molecule has 6 heteroatoms. The van der Waals surface area contributed by atoms with Gasteiger partial charge in [0.1, 0.15) is 21.6 Å². The molecule has 0 saturated heterocycles. The van der Waals surface area contributed by atoms with Crippen LogP contribution in [0.2, 0.25) is 0 Å². The largest absolute Gasteiger partial charge is 0.440 e. The lowest BCUT2D eigenvalue weighted by Gasteiger charge is -1.98. The number of aromatic nitrogens is 2. The average molecular weight is 332 g/mol. The van der Waals surface area contributed by atoms with E-state index >= 15 is 0 Å². The molecule has 0 amide bonds. The molecule has 0 unspecified atom stereocenters. The lowest BCUT2D eigenvalue weighted by molar-refractivity contribution is 0.535. The van der Waals surface area contributed by atoms with Crippen LogP contribution in [0.15, 0.2) is 43.2 Å². The fourth-order valence-electron chi connectivity index (χ4n) is 2.15. The molecule has 0 atom stereocenters. The number of oxazole rings is 2. The third kappa shape index (κ3) is 2.80. The fraction of sp³-hybridized carbons (Fsp3) is 0.250. The minimum Gasteiger partial charge on any atom is -0.440 e. The van der Waals surface area contributed by atoms with Crippen LogP contribution in [-0.2, 0) is 0 Å². The zero-order chi connectivity index (χ0) is 15.7. The molecule has 1 aromatic carbocycles. The summed E-state index contributed by atoms with van der Waals surface area (Å²) in [5.41, 5.74) is 1.89. The molecule has 2 aromatic heterocycles. The Morgan fingerprint density at radius 1 is 0.727 bits per heavy atom. The van der Waals surface area contributed by atoms with Gasteiger partial charge in [-0.2, -0.15) is 0 Å². The quantitative estimate of drug-likeness (QED) is 0.623. The van der Waals surface area contributed by atoms with Crippen molar-refractivity contribution < 1.29 is 8.83 Å². The van der Waals surface area contributed by atoms with Gasteiger partial charge in [0.25, 0.3) is 0 Å². The summed E-state index contributed by atoms with van der Waals surface area (Å²) in [6.07, 6.45) is 3.98. The van der Waals surface area contributed by atoms with Crippen LogP contribution >= 0.6 is 23.5 Å². The summed E-state index contributed by atoms with van der Waals surface area (Å²) in [4.78, 5) is 8.97. The first kappa shape index (κ1) is 15.2. The second kappa shape index (κ2) is 6.22. The molecule has 22 heavy (non-hydrogen) atoms. The van der Waals surface area contributed by atoms with Crippen LogP contribution in [0.5, 0.6) is 0 Å². The molecule has 0 radical (unpaired) electrons. The van der Waals surface area contributed by atoms with Crippen LogP contribution in [0.1, 0.15) is 11.5 Å². The predicted molar refractivity (Wildman–Crippen MR) is 90.5 cm³/mol. The van der Waals surface area contributed by atoms with Crippen LogP contribution in [0, 0.1) is 13.8 Å². The van der Waals surface area contributed by atoms with Crippen molar-refractivity contribution in [2.45, 2.75) is 23.9 Å². The van der Waals surface area contributed by atoms with Gasteiger partial charge in [-0.05, 0) is 50.6 Å². The van der Waals surface area contributed by atoms with E-state index in [1.807, 2.05) is 50.6 Å². The Morgan fingerprint density at radius 3 is 1.36 bits per heavy atom. The Balaban J connectivity index is 1.91. The molecule has 0 N–H and O–H groups in total. The van der Waals surface area contributed by atoms with Crippen molar-refractivity contribution in [3.63, 3.8) is 0 Å². The standard InChI is InChI=1S/C16H16N2O2S2/c1-9-15(21-3)17-13(19-9)11-5-7-12(8-6-11)14-18-16(22-4)10(2)20-14/h5-8H,1-4H3. The van der Waals surface area contributed by atoms with E-state index in [1.165, 1.54) is 0 Å². The van der Waals surface area contributed by atoms with Gasteiger partial charge < -0.3 is 8.83 Å². The van der Waals surface area contributed by atoms with E-state index in [1.54, 1.807) is 23.5 Å². The smallest absolute Gasteiger partial charge is 0.227 e. The van der Waals surface area contributed by atoms with Crippen molar-refractivity contribution in [3.05, 3.63) is 35.8 Å². The van der Waals surface area contributed by atoms with Crippen molar-refractivity contribution in [3.8, 4) is 22.9 Å². The van der Waals surface area contributed by atoms with Gasteiger partial charge in [-0.3, -0.25) is 0 Å². The van der Waals surface area contributed by atoms with Gasteiger partial charge in [0.05, 0.1) is 0 Å². The highest BCUT2D eigenvalue weighted by atomic mass is 32.2. The molecule has 2 heterocycles. The van der Waals surface area contributed by atoms with Crippen LogP contribution in [0.3, 0.4) is 0 Å². The Labute approximate surface area is 137 Å². The summed E-state index contributed by atoms with van der Waals surface area (Å²) < 4.78 is 11.4. The summed E-state index contributed by atoms with van der Waals surface area (Å²) in [7, 11) is 0. The average Bonchev–Trinajstić information content (AvgIpc) is 3.10. The maximum Gasteiger partial charge on any atom is 0.227 e. The first-order chi connectivity index (χ1) is 10.6. The van der Waals surface area contributed by atoms with Gasteiger partial charge in [-0.15, -0.1) is 23.5 Å². The second-order valence-corrected chi connectivity index (χ2v) is 6.34. The number of hydrogen-bond donors (Lipinski definition) is 0. The number of aryl methyl sites for hydroxylation is 2. The third-order valence-corrected chi connectivity index (χ3v) is 4.80. The normalized spacial score (nSPS) is 11.1. The Hall–Kier alpha value is -1.66. The Bertz CT molecular complexity index is 724. The molecule has 0 fully saturated rings. The summed E-state index contributed by atoms with van der Waals surface area (Å²) in [6.45, 7) is 3.85. The highest BCUT2D eigenvalue weighted by Gasteiger charge is 2.13. The van der Waals surface area contributed by atoms with E-state index < -0.39 is 0 Å². The molecular formula is C16H16N2O2S2. The van der Waals surface area contributed by atoms with Gasteiger partial charge in [-0.25, -0.2) is 9.97 Å². The molecular weight excluding hydrogens is 316 g/mol. The van der Waals surface area contributed by atoms with Crippen molar-refractivity contribution >= 4 is 23.5 Å². The van der Waals surface area contributed by atoms with Crippen molar-refractivity contribution in [1.82, 2.24) is 9.97 Å². The van der Waals surface area contributed by atoms with E-state index in [4.69, 9.17) is 8.83 Å². The van der Waals surface area contributed by atoms with E-state index in [-0.39, 0.29) is 0 Å². The van der Waals surface area contributed by atoms with Crippen LogP contribution in [0.4, 0.5) is 0 Å². The van der Waals surface area contributed by atoms with Gasteiger partial charge in [0, 0.05) is 11.1 Å². The lowest BCUT2D eigenvalue weighted by Crippen LogP contribution is -1.81. The van der Waals surface area contributed by atoms with Crippen LogP contribution in [-0.4, -0.2) is 22.5 Å². The molecule has 0 bridgehead atoms. The molecule has 0 aliphatic carbocycles.